The number of carboxylic acids is 1. The van der Waals surface area contributed by atoms with E-state index < -0.39 is 23.9 Å². The van der Waals surface area contributed by atoms with Crippen molar-refractivity contribution in [2.75, 3.05) is 39.5 Å². The van der Waals surface area contributed by atoms with Crippen LogP contribution in [0, 0.1) is 0 Å². The molecule has 1 atom stereocenters. The third-order valence-corrected chi connectivity index (χ3v) is 8.20. The summed E-state index contributed by atoms with van der Waals surface area (Å²) in [7, 11) is 6.07. The number of amides is 1. The second-order valence-electron chi connectivity index (χ2n) is 11.8. The Hall–Kier alpha value is -6.91. The normalized spacial score (nSPS) is 11.3. The van der Waals surface area contributed by atoms with Gasteiger partial charge in [-0.1, -0.05) is 6.07 Å². The molecule has 0 aliphatic rings. The molecule has 0 spiro atoms. The van der Waals surface area contributed by atoms with Gasteiger partial charge in [-0.2, -0.15) is 9.97 Å². The monoisotopic (exact) mass is 741 g/mol. The summed E-state index contributed by atoms with van der Waals surface area (Å²) < 4.78 is 27.3. The molecule has 0 saturated heterocycles. The summed E-state index contributed by atoms with van der Waals surface area (Å²) in [4.78, 5) is 53.9. The molecule has 5 rings (SSSR count). The molecule has 0 aliphatic heterocycles. The van der Waals surface area contributed by atoms with E-state index in [1.165, 1.54) is 32.5 Å². The maximum Gasteiger partial charge on any atom is 0.326 e. The molecule has 0 radical (unpaired) electrons. The highest BCUT2D eigenvalue weighted by molar-refractivity contribution is 5.97. The zero-order valence-electron chi connectivity index (χ0n) is 29.9. The van der Waals surface area contributed by atoms with Crippen LogP contribution in [0.3, 0.4) is 0 Å². The van der Waals surface area contributed by atoms with E-state index in [-0.39, 0.29) is 53.7 Å². The highest BCUT2D eigenvalue weighted by Gasteiger charge is 2.23. The van der Waals surface area contributed by atoms with Gasteiger partial charge in [-0.3, -0.25) is 9.59 Å². The summed E-state index contributed by atoms with van der Waals surface area (Å²) in [6.45, 7) is 0.223. The number of nitrogen functional groups attached to an aromatic ring is 1. The van der Waals surface area contributed by atoms with Crippen molar-refractivity contribution in [2.24, 2.45) is 0 Å². The number of carbonyl (C=O) groups excluding carboxylic acids is 2. The van der Waals surface area contributed by atoms with Crippen LogP contribution in [0.5, 0.6) is 34.6 Å². The van der Waals surface area contributed by atoms with Crippen LogP contribution in [0.15, 0.2) is 60.8 Å². The Morgan fingerprint density at radius 1 is 0.815 bits per heavy atom. The van der Waals surface area contributed by atoms with Crippen molar-refractivity contribution in [1.82, 2.24) is 25.3 Å². The van der Waals surface area contributed by atoms with Gasteiger partial charge < -0.3 is 50.3 Å². The molecule has 1 amide bonds. The number of carboxylic acid groups (broad SMARTS) is 1. The third kappa shape index (κ3) is 9.49. The number of methoxy groups -OCH3 is 4. The largest absolute Gasteiger partial charge is 0.493 e. The SMILES string of the molecule is COc1ccc(CCc2cc(OC)c(OC)c(OC)c2)cc1OC(=O)CC[C@H](NC(=O)c1ccc(NCc2cnc3nc(N)nc(O)c3n2)cc1)C(=O)O. The lowest BCUT2D eigenvalue weighted by molar-refractivity contribution is -0.140. The van der Waals surface area contributed by atoms with E-state index in [0.717, 1.165) is 11.1 Å². The first kappa shape index (κ1) is 38.3. The lowest BCUT2D eigenvalue weighted by Gasteiger charge is -2.16. The Kier molecular flexibility index (Phi) is 12.4. The number of anilines is 2. The molecule has 5 aromatic rings. The molecule has 2 heterocycles. The topological polar surface area (TPSA) is 239 Å². The van der Waals surface area contributed by atoms with Crippen molar-refractivity contribution in [2.45, 2.75) is 38.3 Å². The molecule has 0 bridgehead atoms. The number of fused-ring (bicyclic) bond motifs is 1. The number of hydrogen-bond donors (Lipinski definition) is 5. The number of nitrogens with zero attached hydrogens (tertiary/aromatic N) is 4. The summed E-state index contributed by atoms with van der Waals surface area (Å²) in [6, 6.07) is 13.9. The molecule has 0 aliphatic carbocycles. The molecule has 17 heteroatoms. The molecule has 3 aromatic carbocycles. The molecule has 282 valence electrons. The number of ether oxygens (including phenoxy) is 5. The molecule has 0 unspecified atom stereocenters. The predicted octanol–water partition coefficient (Wildman–Crippen LogP) is 3.71. The number of nitrogens with one attached hydrogen (secondary N) is 2. The maximum absolute atomic E-state index is 12.9. The summed E-state index contributed by atoms with van der Waals surface area (Å²) in [5.41, 5.74) is 8.89. The van der Waals surface area contributed by atoms with E-state index in [4.69, 9.17) is 29.4 Å². The summed E-state index contributed by atoms with van der Waals surface area (Å²) in [6.07, 6.45) is 2.14. The van der Waals surface area contributed by atoms with Crippen LogP contribution in [0.4, 0.5) is 11.6 Å². The summed E-state index contributed by atoms with van der Waals surface area (Å²) in [5.74, 6) is -1.08. The van der Waals surface area contributed by atoms with Crippen LogP contribution in [0.25, 0.3) is 11.2 Å². The van der Waals surface area contributed by atoms with E-state index in [9.17, 15) is 24.6 Å². The average molecular weight is 742 g/mol. The van der Waals surface area contributed by atoms with Crippen molar-refractivity contribution < 1.29 is 48.3 Å². The first-order chi connectivity index (χ1) is 26.0. The van der Waals surface area contributed by atoms with Gasteiger partial charge in [-0.15, -0.1) is 0 Å². The minimum atomic E-state index is -1.36. The van der Waals surface area contributed by atoms with Gasteiger partial charge >= 0.3 is 11.9 Å². The molecule has 6 N–H and O–H groups in total. The van der Waals surface area contributed by atoms with Gasteiger partial charge in [-0.05, 0) is 78.9 Å². The third-order valence-electron chi connectivity index (χ3n) is 8.20. The fourth-order valence-electron chi connectivity index (χ4n) is 5.42. The Bertz CT molecular complexity index is 2120. The van der Waals surface area contributed by atoms with E-state index in [2.05, 4.69) is 30.6 Å². The van der Waals surface area contributed by atoms with Crippen molar-refractivity contribution in [3.8, 4) is 34.6 Å². The standard InChI is InChI=1S/C37H39N7O10/c1-50-26-13-7-20(5-6-21-16-28(51-2)32(53-4)29(17-21)52-3)15-27(26)54-30(45)14-12-25(36(48)49)42-34(46)22-8-10-23(11-9-22)39-18-24-19-40-33-31(41-24)35(47)44-37(38)43-33/h7-11,13,15-17,19,25,39H,5-6,12,14,18H2,1-4H3,(H,42,46)(H,48,49)(H3,38,40,43,44,47)/t25-/m0/s1. The summed E-state index contributed by atoms with van der Waals surface area (Å²) in [5, 5.41) is 25.4. The first-order valence-corrected chi connectivity index (χ1v) is 16.5. The van der Waals surface area contributed by atoms with Crippen molar-refractivity contribution >= 4 is 40.6 Å². The Morgan fingerprint density at radius 3 is 2.13 bits per heavy atom. The van der Waals surface area contributed by atoms with Gasteiger partial charge in [0, 0.05) is 17.7 Å². The molecular formula is C37H39N7O10. The van der Waals surface area contributed by atoms with E-state index in [1.54, 1.807) is 38.5 Å². The van der Waals surface area contributed by atoms with E-state index in [1.807, 2.05) is 18.2 Å². The molecule has 0 saturated carbocycles. The highest BCUT2D eigenvalue weighted by atomic mass is 16.6. The number of aryl methyl sites for hydroxylation is 2. The Morgan fingerprint density at radius 2 is 1.48 bits per heavy atom. The number of carbonyl (C=O) groups is 3. The lowest BCUT2D eigenvalue weighted by Crippen LogP contribution is -2.41. The maximum atomic E-state index is 12.9. The van der Waals surface area contributed by atoms with Crippen LogP contribution < -0.4 is 40.1 Å². The minimum absolute atomic E-state index is 0.103. The lowest BCUT2D eigenvalue weighted by atomic mass is 10.0. The predicted molar refractivity (Wildman–Crippen MR) is 195 cm³/mol. The van der Waals surface area contributed by atoms with Crippen LogP contribution in [-0.4, -0.2) is 82.5 Å². The number of benzene rings is 3. The molecule has 0 fully saturated rings. The number of aromatic hydroxyl groups is 1. The number of aromatic nitrogens is 4. The minimum Gasteiger partial charge on any atom is -0.493 e. The highest BCUT2D eigenvalue weighted by Crippen LogP contribution is 2.38. The van der Waals surface area contributed by atoms with Gasteiger partial charge in [0.1, 0.15) is 6.04 Å². The zero-order valence-corrected chi connectivity index (χ0v) is 29.9. The molecule has 17 nitrogen and oxygen atoms in total. The van der Waals surface area contributed by atoms with Crippen LogP contribution >= 0.6 is 0 Å². The van der Waals surface area contributed by atoms with Gasteiger partial charge in [0.05, 0.1) is 46.9 Å². The molecular weight excluding hydrogens is 702 g/mol. The van der Waals surface area contributed by atoms with Crippen LogP contribution in [0.1, 0.15) is 40.0 Å². The number of rotatable bonds is 17. The Labute approximate surface area is 309 Å². The van der Waals surface area contributed by atoms with Gasteiger partial charge in [-0.25, -0.2) is 14.8 Å². The fourth-order valence-corrected chi connectivity index (χ4v) is 5.42. The van der Waals surface area contributed by atoms with E-state index in [0.29, 0.717) is 47.2 Å². The number of hydrogen-bond acceptors (Lipinski definition) is 15. The van der Waals surface area contributed by atoms with Crippen molar-refractivity contribution in [3.63, 3.8) is 0 Å². The fraction of sp³-hybridized carbons (Fsp3) is 0.270. The van der Waals surface area contributed by atoms with Crippen LogP contribution in [-0.2, 0) is 29.0 Å². The average Bonchev–Trinajstić information content (AvgIpc) is 3.17. The smallest absolute Gasteiger partial charge is 0.326 e. The van der Waals surface area contributed by atoms with Crippen molar-refractivity contribution in [3.05, 3.63) is 83.2 Å². The van der Waals surface area contributed by atoms with Crippen molar-refractivity contribution in [1.29, 1.82) is 0 Å². The molecule has 54 heavy (non-hydrogen) atoms. The second kappa shape index (κ2) is 17.5. The summed E-state index contributed by atoms with van der Waals surface area (Å²) >= 11 is 0. The first-order valence-electron chi connectivity index (χ1n) is 16.5. The van der Waals surface area contributed by atoms with Gasteiger partial charge in [0.2, 0.25) is 17.6 Å². The van der Waals surface area contributed by atoms with Crippen LogP contribution in [0.2, 0.25) is 0 Å². The molecule has 2 aromatic heterocycles. The van der Waals surface area contributed by atoms with E-state index >= 15 is 0 Å². The quantitative estimate of drug-likeness (QED) is 0.0674. The zero-order chi connectivity index (χ0) is 38.8. The van der Waals surface area contributed by atoms with Gasteiger partial charge in [0.15, 0.2) is 34.2 Å². The number of nitrogens with two attached hydrogens (primary N) is 1. The van der Waals surface area contributed by atoms with Gasteiger partial charge in [0.25, 0.3) is 5.91 Å². The Balaban J connectivity index is 1.14. The second-order valence-corrected chi connectivity index (χ2v) is 11.8. The number of esters is 1. The number of aliphatic carboxylic acids is 1.